The highest BCUT2D eigenvalue weighted by atomic mass is 16.5. The fourth-order valence-corrected chi connectivity index (χ4v) is 2.70. The number of aromatic carboxylic acids is 1. The summed E-state index contributed by atoms with van der Waals surface area (Å²) in [6.07, 6.45) is 1.66. The number of hydrogen-bond donors (Lipinski definition) is 4. The highest BCUT2D eigenvalue weighted by Gasteiger charge is 2.24. The van der Waals surface area contributed by atoms with E-state index >= 15 is 0 Å². The van der Waals surface area contributed by atoms with Gasteiger partial charge >= 0.3 is 11.9 Å². The van der Waals surface area contributed by atoms with Gasteiger partial charge in [-0.05, 0) is 56.5 Å². The molecule has 142 valence electrons. The van der Waals surface area contributed by atoms with Crippen LogP contribution in [0.3, 0.4) is 0 Å². The van der Waals surface area contributed by atoms with Gasteiger partial charge in [0.25, 0.3) is 0 Å². The average molecular weight is 372 g/mol. The van der Waals surface area contributed by atoms with Gasteiger partial charge in [0.05, 0.1) is 0 Å². The zero-order valence-corrected chi connectivity index (χ0v) is 15.3. The van der Waals surface area contributed by atoms with Crippen LogP contribution in [0.5, 0.6) is 23.0 Å². The van der Waals surface area contributed by atoms with Crippen molar-refractivity contribution in [2.24, 2.45) is 0 Å². The lowest BCUT2D eigenvalue weighted by atomic mass is 9.96. The van der Waals surface area contributed by atoms with Gasteiger partial charge in [0.15, 0.2) is 0 Å². The van der Waals surface area contributed by atoms with Crippen LogP contribution in [0.4, 0.5) is 0 Å². The fourth-order valence-electron chi connectivity index (χ4n) is 2.70. The van der Waals surface area contributed by atoms with Gasteiger partial charge in [0, 0.05) is 11.6 Å². The molecule has 0 atom stereocenters. The van der Waals surface area contributed by atoms with Crippen molar-refractivity contribution in [3.63, 3.8) is 0 Å². The second kappa shape index (κ2) is 7.41. The van der Waals surface area contributed by atoms with Crippen LogP contribution in [-0.4, -0.2) is 32.4 Å². The maximum absolute atomic E-state index is 12.5. The Labute approximate surface area is 155 Å². The first-order valence-corrected chi connectivity index (χ1v) is 8.06. The number of phenolic OH excluding ortho intramolecular Hbond substituents is 2. The number of phenols is 3. The maximum Gasteiger partial charge on any atom is 0.347 e. The number of carbonyl (C=O) groups excluding carboxylic acids is 1. The minimum atomic E-state index is -1.31. The van der Waals surface area contributed by atoms with E-state index < -0.39 is 23.4 Å². The topological polar surface area (TPSA) is 124 Å². The molecule has 2 aromatic rings. The summed E-state index contributed by atoms with van der Waals surface area (Å²) >= 11 is 0. The van der Waals surface area contributed by atoms with Gasteiger partial charge < -0.3 is 25.2 Å². The first-order valence-electron chi connectivity index (χ1n) is 8.06. The van der Waals surface area contributed by atoms with E-state index in [1.807, 2.05) is 0 Å². The van der Waals surface area contributed by atoms with Gasteiger partial charge in [-0.25, -0.2) is 9.59 Å². The van der Waals surface area contributed by atoms with Crippen LogP contribution in [0.25, 0.3) is 5.57 Å². The fraction of sp³-hybridized carbons (Fsp3) is 0.200. The Hall–Kier alpha value is -3.48. The monoisotopic (exact) mass is 372 g/mol. The first kappa shape index (κ1) is 19.8. The van der Waals surface area contributed by atoms with E-state index in [2.05, 4.69) is 0 Å². The number of hydrogen-bond acceptors (Lipinski definition) is 6. The molecule has 0 bridgehead atoms. The van der Waals surface area contributed by atoms with Crippen LogP contribution in [0, 0.1) is 13.8 Å². The minimum absolute atomic E-state index is 0.0365. The van der Waals surface area contributed by atoms with Crippen LogP contribution in [-0.2, 0) is 0 Å². The van der Waals surface area contributed by atoms with E-state index in [4.69, 9.17) is 4.74 Å². The Bertz CT molecular complexity index is 948. The summed E-state index contributed by atoms with van der Waals surface area (Å²) in [5.74, 6) is -3.41. The molecule has 0 unspecified atom stereocenters. The Morgan fingerprint density at radius 1 is 1.04 bits per heavy atom. The van der Waals surface area contributed by atoms with Gasteiger partial charge in [-0.15, -0.1) is 0 Å². The number of aromatic hydroxyl groups is 3. The molecule has 27 heavy (non-hydrogen) atoms. The molecule has 2 aromatic carbocycles. The van der Waals surface area contributed by atoms with Gasteiger partial charge in [-0.3, -0.25) is 0 Å². The van der Waals surface area contributed by atoms with Gasteiger partial charge in [-0.2, -0.15) is 0 Å². The Morgan fingerprint density at radius 2 is 1.67 bits per heavy atom. The third-order valence-electron chi connectivity index (χ3n) is 4.28. The smallest absolute Gasteiger partial charge is 0.347 e. The summed E-state index contributed by atoms with van der Waals surface area (Å²) in [4.78, 5) is 24.1. The van der Waals surface area contributed by atoms with E-state index in [1.165, 1.54) is 26.0 Å². The molecule has 0 aliphatic carbocycles. The highest BCUT2D eigenvalue weighted by Crippen LogP contribution is 2.38. The standard InChI is InChI=1S/C20H20O7/c1-5-9(2)13-8-15(11(4)18(23)17(13)19(24)25)27-20(26)16-10(3)6-12(21)7-14(16)22/h5-8,21-23H,1-4H3,(H,24,25)/b9-5+. The van der Waals surface area contributed by atoms with E-state index in [-0.39, 0.29) is 33.8 Å². The molecule has 7 nitrogen and oxygen atoms in total. The molecule has 0 heterocycles. The quantitative estimate of drug-likeness (QED) is 0.476. The first-order chi connectivity index (χ1) is 12.6. The molecule has 0 aromatic heterocycles. The average Bonchev–Trinajstić information content (AvgIpc) is 2.56. The molecule has 0 radical (unpaired) electrons. The molecule has 4 N–H and O–H groups in total. The highest BCUT2D eigenvalue weighted by molar-refractivity contribution is 5.99. The van der Waals surface area contributed by atoms with E-state index in [1.54, 1.807) is 19.9 Å². The Kier molecular flexibility index (Phi) is 5.44. The summed E-state index contributed by atoms with van der Waals surface area (Å²) < 4.78 is 5.32. The van der Waals surface area contributed by atoms with Gasteiger partial charge in [-0.1, -0.05) is 6.08 Å². The predicted octanol–water partition coefficient (Wildman–Crippen LogP) is 3.76. The molecule has 7 heteroatoms. The van der Waals surface area contributed by atoms with Crippen LogP contribution < -0.4 is 4.74 Å². The number of ether oxygens (including phenoxy) is 1. The van der Waals surface area contributed by atoms with Crippen molar-refractivity contribution in [3.05, 3.63) is 52.1 Å². The van der Waals surface area contributed by atoms with Crippen molar-refractivity contribution >= 4 is 17.5 Å². The molecule has 0 aliphatic rings. The predicted molar refractivity (Wildman–Crippen MR) is 98.6 cm³/mol. The normalized spacial score (nSPS) is 11.3. The number of carbonyl (C=O) groups is 2. The number of benzene rings is 2. The van der Waals surface area contributed by atoms with Gasteiger partial charge in [0.2, 0.25) is 0 Å². The molecule has 0 saturated carbocycles. The second-order valence-electron chi connectivity index (χ2n) is 6.09. The molecule has 0 amide bonds. The molecule has 0 saturated heterocycles. The van der Waals surface area contributed by atoms with E-state index in [0.717, 1.165) is 6.07 Å². The van der Waals surface area contributed by atoms with Crippen LogP contribution >= 0.6 is 0 Å². The Morgan fingerprint density at radius 3 is 2.19 bits per heavy atom. The van der Waals surface area contributed by atoms with E-state index in [0.29, 0.717) is 11.1 Å². The zero-order chi connectivity index (χ0) is 20.5. The number of carboxylic acid groups (broad SMARTS) is 1. The number of rotatable bonds is 4. The second-order valence-corrected chi connectivity index (χ2v) is 6.09. The van der Waals surface area contributed by atoms with Crippen molar-refractivity contribution in [2.45, 2.75) is 27.7 Å². The summed E-state index contributed by atoms with van der Waals surface area (Å²) in [6.45, 7) is 6.31. The number of carboxylic acids is 1. The largest absolute Gasteiger partial charge is 0.508 e. The van der Waals surface area contributed by atoms with E-state index in [9.17, 15) is 30.0 Å². The number of allylic oxidation sites excluding steroid dienone is 2. The molecule has 0 spiro atoms. The van der Waals surface area contributed by atoms with Crippen molar-refractivity contribution in [2.75, 3.05) is 0 Å². The molecule has 0 fully saturated rings. The summed E-state index contributed by atoms with van der Waals surface area (Å²) in [7, 11) is 0. The number of esters is 1. The van der Waals surface area contributed by atoms with Crippen molar-refractivity contribution < 1.29 is 34.8 Å². The van der Waals surface area contributed by atoms with Crippen molar-refractivity contribution in [3.8, 4) is 23.0 Å². The lowest BCUT2D eigenvalue weighted by Gasteiger charge is -2.16. The van der Waals surface area contributed by atoms with Gasteiger partial charge in [0.1, 0.15) is 34.1 Å². The summed E-state index contributed by atoms with van der Waals surface area (Å²) in [5.41, 5.74) is 0.729. The maximum atomic E-state index is 12.5. The SMILES string of the molecule is C/C=C(\C)c1cc(OC(=O)c2c(C)cc(O)cc2O)c(C)c(O)c1C(=O)O. The van der Waals surface area contributed by atoms with Crippen LogP contribution in [0.2, 0.25) is 0 Å². The lowest BCUT2D eigenvalue weighted by Crippen LogP contribution is -2.13. The molecular weight excluding hydrogens is 352 g/mol. The number of aryl methyl sites for hydroxylation is 1. The van der Waals surface area contributed by atoms with Crippen LogP contribution in [0.15, 0.2) is 24.3 Å². The third-order valence-corrected chi connectivity index (χ3v) is 4.28. The van der Waals surface area contributed by atoms with Crippen molar-refractivity contribution in [1.29, 1.82) is 0 Å². The molecule has 2 rings (SSSR count). The Balaban J connectivity index is 2.59. The zero-order valence-electron chi connectivity index (χ0n) is 15.3. The molecular formula is C20H20O7. The summed E-state index contributed by atoms with van der Waals surface area (Å²) in [6, 6.07) is 3.67. The third kappa shape index (κ3) is 3.72. The minimum Gasteiger partial charge on any atom is -0.508 e. The summed E-state index contributed by atoms with van der Waals surface area (Å²) in [5, 5.41) is 39.2. The van der Waals surface area contributed by atoms with Crippen LogP contribution in [0.1, 0.15) is 51.3 Å². The van der Waals surface area contributed by atoms with Crippen molar-refractivity contribution in [1.82, 2.24) is 0 Å². The lowest BCUT2D eigenvalue weighted by molar-refractivity contribution is 0.0692. The molecule has 0 aliphatic heterocycles.